The van der Waals surface area contributed by atoms with Crippen molar-refractivity contribution < 1.29 is 0 Å². The van der Waals surface area contributed by atoms with Gasteiger partial charge in [0.25, 0.3) is 0 Å². The smallest absolute Gasteiger partial charge is 0.169 e. The summed E-state index contributed by atoms with van der Waals surface area (Å²) in [6.45, 7) is 0. The number of nitrogens with zero attached hydrogens (tertiary/aromatic N) is 2. The van der Waals surface area contributed by atoms with Crippen LogP contribution in [0.15, 0.2) is 29.4 Å². The third kappa shape index (κ3) is 2.09. The first-order chi connectivity index (χ1) is 6.15. The molecule has 0 aliphatic rings. The van der Waals surface area contributed by atoms with Gasteiger partial charge in [-0.1, -0.05) is 12.1 Å². The predicted octanol–water partition coefficient (Wildman–Crippen LogP) is -0.305. The number of hydrogen-bond acceptors (Lipinski definition) is 4. The first-order valence-electron chi connectivity index (χ1n) is 3.77. The average molecular weight is 179 g/mol. The van der Waals surface area contributed by atoms with Gasteiger partial charge >= 0.3 is 0 Å². The van der Waals surface area contributed by atoms with Crippen LogP contribution < -0.4 is 17.4 Å². The molecule has 0 radical (unpaired) electrons. The van der Waals surface area contributed by atoms with Crippen LogP contribution in [0.1, 0.15) is 5.56 Å². The summed E-state index contributed by atoms with van der Waals surface area (Å²) in [5.41, 5.74) is 7.05. The Hall–Kier alpha value is -1.75. The molecule has 0 saturated heterocycles. The second-order valence-electron chi connectivity index (χ2n) is 2.69. The van der Waals surface area contributed by atoms with Crippen LogP contribution >= 0.6 is 0 Å². The molecule has 0 aromatic heterocycles. The normalized spacial score (nSPS) is 11.4. The lowest BCUT2D eigenvalue weighted by molar-refractivity contribution is 0.537. The van der Waals surface area contributed by atoms with E-state index in [4.69, 9.17) is 17.4 Å². The van der Waals surface area contributed by atoms with Gasteiger partial charge in [-0.2, -0.15) is 5.10 Å². The SMILES string of the molecule is CN(N)/C(=N\N)c1cccc(N)c1. The van der Waals surface area contributed by atoms with Crippen molar-refractivity contribution in [1.82, 2.24) is 5.01 Å². The highest BCUT2D eigenvalue weighted by Crippen LogP contribution is 2.07. The zero-order valence-electron chi connectivity index (χ0n) is 7.44. The molecule has 5 nitrogen and oxygen atoms in total. The molecule has 1 rings (SSSR count). The molecule has 5 heteroatoms. The van der Waals surface area contributed by atoms with Crippen LogP contribution in [0.3, 0.4) is 0 Å². The molecule has 0 unspecified atom stereocenters. The van der Waals surface area contributed by atoms with Crippen molar-refractivity contribution in [3.05, 3.63) is 29.8 Å². The van der Waals surface area contributed by atoms with Crippen LogP contribution in [0, 0.1) is 0 Å². The van der Waals surface area contributed by atoms with Crippen molar-refractivity contribution in [1.29, 1.82) is 0 Å². The molecule has 1 aromatic carbocycles. The Morgan fingerprint density at radius 2 is 2.15 bits per heavy atom. The van der Waals surface area contributed by atoms with Gasteiger partial charge in [0.2, 0.25) is 0 Å². The quantitative estimate of drug-likeness (QED) is 0.181. The van der Waals surface area contributed by atoms with Gasteiger partial charge < -0.3 is 11.6 Å². The molecule has 70 valence electrons. The number of hydrogen-bond donors (Lipinski definition) is 3. The summed E-state index contributed by atoms with van der Waals surface area (Å²) in [6, 6.07) is 7.20. The van der Waals surface area contributed by atoms with Crippen LogP contribution in [0.5, 0.6) is 0 Å². The molecule has 0 aliphatic carbocycles. The predicted molar refractivity (Wildman–Crippen MR) is 53.5 cm³/mol. The number of nitrogens with two attached hydrogens (primary N) is 3. The number of nitrogen functional groups attached to an aromatic ring is 1. The van der Waals surface area contributed by atoms with Crippen LogP contribution in [-0.2, 0) is 0 Å². The molecular weight excluding hydrogens is 166 g/mol. The van der Waals surface area contributed by atoms with Crippen molar-refractivity contribution in [2.45, 2.75) is 0 Å². The lowest BCUT2D eigenvalue weighted by atomic mass is 10.2. The molecule has 0 aliphatic heterocycles. The van der Waals surface area contributed by atoms with Gasteiger partial charge in [0.15, 0.2) is 5.84 Å². The highest BCUT2D eigenvalue weighted by molar-refractivity contribution is 5.98. The second-order valence-corrected chi connectivity index (χ2v) is 2.69. The third-order valence-electron chi connectivity index (χ3n) is 1.60. The van der Waals surface area contributed by atoms with E-state index in [9.17, 15) is 0 Å². The van der Waals surface area contributed by atoms with E-state index < -0.39 is 0 Å². The number of hydrazone groups is 1. The summed E-state index contributed by atoms with van der Waals surface area (Å²) in [5, 5.41) is 4.90. The highest BCUT2D eigenvalue weighted by atomic mass is 15.4. The van der Waals surface area contributed by atoms with Gasteiger partial charge in [-0.15, -0.1) is 0 Å². The third-order valence-corrected chi connectivity index (χ3v) is 1.60. The highest BCUT2D eigenvalue weighted by Gasteiger charge is 2.05. The molecule has 0 saturated carbocycles. The lowest BCUT2D eigenvalue weighted by Crippen LogP contribution is -2.34. The molecular formula is C8H13N5. The molecule has 0 atom stereocenters. The van der Waals surface area contributed by atoms with Crippen molar-refractivity contribution in [3.63, 3.8) is 0 Å². The Morgan fingerprint density at radius 1 is 1.46 bits per heavy atom. The van der Waals surface area contributed by atoms with Crippen LogP contribution in [0.2, 0.25) is 0 Å². The van der Waals surface area contributed by atoms with Gasteiger partial charge in [-0.05, 0) is 12.1 Å². The number of amidine groups is 1. The summed E-state index contributed by atoms with van der Waals surface area (Å²) < 4.78 is 0. The van der Waals surface area contributed by atoms with Gasteiger partial charge in [-0.3, -0.25) is 5.01 Å². The Balaban J connectivity index is 3.06. The van der Waals surface area contributed by atoms with E-state index in [2.05, 4.69) is 5.10 Å². The Morgan fingerprint density at radius 3 is 2.62 bits per heavy atom. The maximum atomic E-state index is 5.60. The summed E-state index contributed by atoms with van der Waals surface area (Å²) in [5.74, 6) is 11.2. The molecule has 6 N–H and O–H groups in total. The minimum absolute atomic E-state index is 0.493. The van der Waals surface area contributed by atoms with E-state index in [-0.39, 0.29) is 0 Å². The average Bonchev–Trinajstić information content (AvgIpc) is 2.04. The van der Waals surface area contributed by atoms with Crippen molar-refractivity contribution in [3.8, 4) is 0 Å². The lowest BCUT2D eigenvalue weighted by Gasteiger charge is -2.14. The number of benzene rings is 1. The standard InChI is InChI=1S/C8H13N5/c1-13(11)8(12-10)6-3-2-4-7(9)5-6/h2-5H,9-11H2,1H3/b12-8-. The van der Waals surface area contributed by atoms with Crippen LogP contribution in [0.4, 0.5) is 5.69 Å². The Labute approximate surface area is 76.8 Å². The molecule has 1 aromatic rings. The Bertz CT molecular complexity index is 318. The molecule has 0 amide bonds. The summed E-state index contributed by atoms with van der Waals surface area (Å²) in [7, 11) is 1.66. The second kappa shape index (κ2) is 3.77. The summed E-state index contributed by atoms with van der Waals surface area (Å²) >= 11 is 0. The number of anilines is 1. The zero-order valence-corrected chi connectivity index (χ0v) is 7.44. The van der Waals surface area contributed by atoms with E-state index >= 15 is 0 Å². The van der Waals surface area contributed by atoms with Gasteiger partial charge in [0, 0.05) is 18.3 Å². The maximum absolute atomic E-state index is 5.60. The van der Waals surface area contributed by atoms with Gasteiger partial charge in [-0.25, -0.2) is 5.84 Å². The molecule has 13 heavy (non-hydrogen) atoms. The fourth-order valence-corrected chi connectivity index (χ4v) is 1.05. The fourth-order valence-electron chi connectivity index (χ4n) is 1.05. The van der Waals surface area contributed by atoms with E-state index in [1.807, 2.05) is 12.1 Å². The van der Waals surface area contributed by atoms with E-state index in [1.54, 1.807) is 19.2 Å². The van der Waals surface area contributed by atoms with Crippen molar-refractivity contribution in [2.24, 2.45) is 16.8 Å². The number of hydrazine groups is 1. The van der Waals surface area contributed by atoms with Crippen LogP contribution in [-0.4, -0.2) is 17.9 Å². The molecule has 0 bridgehead atoms. The first kappa shape index (κ1) is 9.34. The van der Waals surface area contributed by atoms with Gasteiger partial charge in [0.1, 0.15) is 0 Å². The van der Waals surface area contributed by atoms with E-state index in [0.717, 1.165) is 5.56 Å². The number of rotatable bonds is 1. The Kier molecular flexibility index (Phi) is 2.71. The zero-order chi connectivity index (χ0) is 9.84. The minimum atomic E-state index is 0.493. The van der Waals surface area contributed by atoms with Crippen LogP contribution in [0.25, 0.3) is 0 Å². The molecule has 0 fully saturated rings. The van der Waals surface area contributed by atoms with Gasteiger partial charge in [0.05, 0.1) is 0 Å². The summed E-state index contributed by atoms with van der Waals surface area (Å²) in [6.07, 6.45) is 0. The first-order valence-corrected chi connectivity index (χ1v) is 3.77. The monoisotopic (exact) mass is 179 g/mol. The molecule has 0 spiro atoms. The van der Waals surface area contributed by atoms with Crippen molar-refractivity contribution in [2.75, 3.05) is 12.8 Å². The topological polar surface area (TPSA) is 93.7 Å². The van der Waals surface area contributed by atoms with E-state index in [1.165, 1.54) is 5.01 Å². The van der Waals surface area contributed by atoms with E-state index in [0.29, 0.717) is 11.5 Å². The maximum Gasteiger partial charge on any atom is 0.169 e. The largest absolute Gasteiger partial charge is 0.399 e. The van der Waals surface area contributed by atoms with Crippen molar-refractivity contribution >= 4 is 11.5 Å². The minimum Gasteiger partial charge on any atom is -0.399 e. The fraction of sp³-hybridized carbons (Fsp3) is 0.125. The molecule has 0 heterocycles. The summed E-state index contributed by atoms with van der Waals surface area (Å²) in [4.78, 5) is 0.